The maximum atomic E-state index is 12.4. The second-order valence-electron chi connectivity index (χ2n) is 4.05. The number of hydrogen-bond donors (Lipinski definition) is 0. The highest BCUT2D eigenvalue weighted by atomic mass is 79.9. The van der Waals surface area contributed by atoms with Crippen LogP contribution >= 0.6 is 43.2 Å². The van der Waals surface area contributed by atoms with Crippen molar-refractivity contribution in [3.63, 3.8) is 0 Å². The first-order chi connectivity index (χ1) is 8.05. The van der Waals surface area contributed by atoms with E-state index in [0.717, 1.165) is 18.2 Å². The summed E-state index contributed by atoms with van der Waals surface area (Å²) in [6.45, 7) is 1.29. The Labute approximate surface area is 123 Å². The highest BCUT2D eigenvalue weighted by molar-refractivity contribution is 9.10. The first kappa shape index (κ1) is 14.0. The molecule has 0 aliphatic carbocycles. The van der Waals surface area contributed by atoms with Gasteiger partial charge in [0.25, 0.3) is 10.0 Å². The van der Waals surface area contributed by atoms with Crippen LogP contribution in [0.3, 0.4) is 0 Å². The van der Waals surface area contributed by atoms with E-state index in [9.17, 15) is 8.42 Å². The summed E-state index contributed by atoms with van der Waals surface area (Å²) in [5.74, 6) is 0.489. The van der Waals surface area contributed by atoms with Gasteiger partial charge in [-0.1, -0.05) is 15.9 Å². The highest BCUT2D eigenvalue weighted by Crippen LogP contribution is 2.33. The van der Waals surface area contributed by atoms with Crippen LogP contribution in [0.25, 0.3) is 0 Å². The molecule has 0 bridgehead atoms. The fourth-order valence-corrected chi connectivity index (χ4v) is 6.61. The molecule has 1 aliphatic rings. The Morgan fingerprint density at radius 3 is 2.88 bits per heavy atom. The number of rotatable bonds is 4. The van der Waals surface area contributed by atoms with Crippen LogP contribution in [0.4, 0.5) is 0 Å². The summed E-state index contributed by atoms with van der Waals surface area (Å²) in [4.78, 5) is 0. The molecule has 2 heterocycles. The minimum Gasteiger partial charge on any atom is -0.206 e. The average Bonchev–Trinajstić information content (AvgIpc) is 2.87. The molecule has 17 heavy (non-hydrogen) atoms. The Balaban J connectivity index is 2.16. The molecule has 2 rings (SSSR count). The van der Waals surface area contributed by atoms with Crippen molar-refractivity contribution in [3.8, 4) is 0 Å². The summed E-state index contributed by atoms with van der Waals surface area (Å²) < 4.78 is 27.4. The zero-order chi connectivity index (χ0) is 12.5. The third-order valence-electron chi connectivity index (χ3n) is 2.92. The lowest BCUT2D eigenvalue weighted by molar-refractivity contribution is 0.455. The lowest BCUT2D eigenvalue weighted by atomic mass is 10.1. The lowest BCUT2D eigenvalue weighted by Crippen LogP contribution is -2.28. The van der Waals surface area contributed by atoms with Gasteiger partial charge in [-0.05, 0) is 46.1 Å². The zero-order valence-electron chi connectivity index (χ0n) is 9.10. The van der Waals surface area contributed by atoms with Crippen LogP contribution in [0.2, 0.25) is 0 Å². The standard InChI is InChI=1S/C10H13Br2NO2S2/c11-4-1-8-2-5-13(7-8)17(14,15)10-9(12)3-6-16-10/h3,6,8H,1-2,4-5,7H2. The predicted octanol–water partition coefficient (Wildman–Crippen LogP) is 3.31. The molecule has 0 saturated carbocycles. The largest absolute Gasteiger partial charge is 0.253 e. The second kappa shape index (κ2) is 5.69. The molecule has 0 N–H and O–H groups in total. The minimum atomic E-state index is -3.29. The third kappa shape index (κ3) is 2.94. The van der Waals surface area contributed by atoms with Gasteiger partial charge in [0.15, 0.2) is 0 Å². The Morgan fingerprint density at radius 2 is 2.29 bits per heavy atom. The van der Waals surface area contributed by atoms with Crippen molar-refractivity contribution in [1.29, 1.82) is 0 Å². The average molecular weight is 403 g/mol. The molecule has 7 heteroatoms. The number of thiophene rings is 1. The first-order valence-corrected chi connectivity index (χ1v) is 9.58. The molecular formula is C10H13Br2NO2S2. The molecule has 1 aliphatic heterocycles. The van der Waals surface area contributed by atoms with Crippen molar-refractivity contribution in [2.75, 3.05) is 18.4 Å². The number of alkyl halides is 1. The smallest absolute Gasteiger partial charge is 0.206 e. The molecular weight excluding hydrogens is 390 g/mol. The fourth-order valence-electron chi connectivity index (χ4n) is 1.99. The number of nitrogens with zero attached hydrogens (tertiary/aromatic N) is 1. The number of hydrogen-bond acceptors (Lipinski definition) is 3. The van der Waals surface area contributed by atoms with Crippen LogP contribution in [0.15, 0.2) is 20.1 Å². The topological polar surface area (TPSA) is 37.4 Å². The van der Waals surface area contributed by atoms with Crippen LogP contribution in [0.1, 0.15) is 12.8 Å². The SMILES string of the molecule is O=S(=O)(c1sccc1Br)N1CCC(CCBr)C1. The molecule has 1 saturated heterocycles. The van der Waals surface area contributed by atoms with Gasteiger partial charge in [-0.25, -0.2) is 8.42 Å². The maximum absolute atomic E-state index is 12.4. The molecule has 1 aromatic heterocycles. The Bertz CT molecular complexity index is 486. The van der Waals surface area contributed by atoms with E-state index < -0.39 is 10.0 Å². The van der Waals surface area contributed by atoms with Gasteiger partial charge in [0.05, 0.1) is 0 Å². The van der Waals surface area contributed by atoms with Gasteiger partial charge in [-0.15, -0.1) is 11.3 Å². The summed E-state index contributed by atoms with van der Waals surface area (Å²) in [5.41, 5.74) is 0. The minimum absolute atomic E-state index is 0.428. The normalized spacial score (nSPS) is 22.1. The van der Waals surface area contributed by atoms with Crippen LogP contribution in [-0.2, 0) is 10.0 Å². The Hall–Kier alpha value is 0.570. The Kier molecular flexibility index (Phi) is 4.68. The van der Waals surface area contributed by atoms with Gasteiger partial charge >= 0.3 is 0 Å². The van der Waals surface area contributed by atoms with E-state index in [1.165, 1.54) is 11.3 Å². The van der Waals surface area contributed by atoms with Crippen molar-refractivity contribution in [2.45, 2.75) is 17.1 Å². The summed E-state index contributed by atoms with van der Waals surface area (Å²) in [7, 11) is -3.29. The zero-order valence-corrected chi connectivity index (χ0v) is 13.9. The van der Waals surface area contributed by atoms with E-state index in [-0.39, 0.29) is 0 Å². The van der Waals surface area contributed by atoms with Gasteiger partial charge in [-0.2, -0.15) is 4.31 Å². The van der Waals surface area contributed by atoms with Gasteiger partial charge in [0.2, 0.25) is 0 Å². The van der Waals surface area contributed by atoms with E-state index in [4.69, 9.17) is 0 Å². The quantitative estimate of drug-likeness (QED) is 0.724. The van der Waals surface area contributed by atoms with Gasteiger partial charge in [-0.3, -0.25) is 0 Å². The van der Waals surface area contributed by atoms with Crippen molar-refractivity contribution < 1.29 is 8.42 Å². The predicted molar refractivity (Wildman–Crippen MR) is 77.3 cm³/mol. The monoisotopic (exact) mass is 401 g/mol. The van der Waals surface area contributed by atoms with Gasteiger partial charge in [0, 0.05) is 22.9 Å². The molecule has 0 amide bonds. The third-order valence-corrected chi connectivity index (χ3v) is 7.89. The van der Waals surface area contributed by atoms with E-state index >= 15 is 0 Å². The van der Waals surface area contributed by atoms with Crippen molar-refractivity contribution in [1.82, 2.24) is 4.31 Å². The van der Waals surface area contributed by atoms with E-state index in [2.05, 4.69) is 31.9 Å². The summed E-state index contributed by atoms with van der Waals surface area (Å²) in [5, 5.41) is 2.73. The summed E-state index contributed by atoms with van der Waals surface area (Å²) in [6, 6.07) is 1.78. The van der Waals surface area contributed by atoms with Crippen molar-refractivity contribution >= 4 is 53.2 Å². The fraction of sp³-hybridized carbons (Fsp3) is 0.600. The number of sulfonamides is 1. The van der Waals surface area contributed by atoms with E-state index in [1.807, 2.05) is 0 Å². The maximum Gasteiger partial charge on any atom is 0.253 e. The van der Waals surface area contributed by atoms with Crippen LogP contribution < -0.4 is 0 Å². The number of halogens is 2. The van der Waals surface area contributed by atoms with Crippen LogP contribution in [0, 0.1) is 5.92 Å². The van der Waals surface area contributed by atoms with Gasteiger partial charge < -0.3 is 0 Å². The van der Waals surface area contributed by atoms with Gasteiger partial charge in [0.1, 0.15) is 4.21 Å². The second-order valence-corrected chi connectivity index (χ2v) is 8.75. The molecule has 1 unspecified atom stereocenters. The molecule has 96 valence electrons. The van der Waals surface area contributed by atoms with E-state index in [0.29, 0.717) is 27.7 Å². The molecule has 0 radical (unpaired) electrons. The van der Waals surface area contributed by atoms with Crippen molar-refractivity contribution in [3.05, 3.63) is 15.9 Å². The molecule has 1 atom stereocenters. The van der Waals surface area contributed by atoms with Crippen molar-refractivity contribution in [2.24, 2.45) is 5.92 Å². The Morgan fingerprint density at radius 1 is 1.53 bits per heavy atom. The summed E-state index contributed by atoms with van der Waals surface area (Å²) >= 11 is 7.97. The molecule has 0 spiro atoms. The van der Waals surface area contributed by atoms with Crippen LogP contribution in [-0.4, -0.2) is 31.1 Å². The first-order valence-electron chi connectivity index (χ1n) is 5.35. The van der Waals surface area contributed by atoms with Crippen LogP contribution in [0.5, 0.6) is 0 Å². The summed E-state index contributed by atoms with van der Waals surface area (Å²) in [6.07, 6.45) is 2.01. The molecule has 1 fully saturated rings. The molecule has 0 aromatic carbocycles. The highest BCUT2D eigenvalue weighted by Gasteiger charge is 2.33. The lowest BCUT2D eigenvalue weighted by Gasteiger charge is -2.15. The molecule has 3 nitrogen and oxygen atoms in total. The van der Waals surface area contributed by atoms with E-state index in [1.54, 1.807) is 15.8 Å². The molecule has 1 aromatic rings.